The summed E-state index contributed by atoms with van der Waals surface area (Å²) < 4.78 is 18.4. The van der Waals surface area contributed by atoms with E-state index in [1.165, 1.54) is 12.1 Å². The highest BCUT2D eigenvalue weighted by atomic mass is 35.5. The average Bonchev–Trinajstić information content (AvgIpc) is 2.57. The smallest absolute Gasteiger partial charge is 0.265 e. The van der Waals surface area contributed by atoms with Crippen LogP contribution in [0, 0.1) is 5.82 Å². The van der Waals surface area contributed by atoms with Crippen LogP contribution in [0.4, 0.5) is 10.1 Å². The minimum Gasteiger partial charge on any atom is -0.486 e. The number of hydrogen-bond donors (Lipinski definition) is 2. The van der Waals surface area contributed by atoms with Gasteiger partial charge in [0, 0.05) is 5.69 Å². The van der Waals surface area contributed by atoms with Crippen LogP contribution in [0.3, 0.4) is 0 Å². The number of para-hydroxylation sites is 1. The van der Waals surface area contributed by atoms with Crippen molar-refractivity contribution < 1.29 is 18.8 Å². The predicted octanol–water partition coefficient (Wildman–Crippen LogP) is 2.79. The van der Waals surface area contributed by atoms with E-state index in [4.69, 9.17) is 26.9 Å². The Kier molecular flexibility index (Phi) is 6.39. The monoisotopic (exact) mass is 351 g/mol. The van der Waals surface area contributed by atoms with Crippen molar-refractivity contribution in [2.75, 3.05) is 18.5 Å². The standard InChI is InChI=1S/C16H15ClFN3O3/c17-13-8-11(6-7-14(13)18)20-16(22)10-24-21-15(19)9-23-12-4-2-1-3-5-12/h1-8H,9-10H2,(H2,19,21)(H,20,22). The number of nitrogens with two attached hydrogens (primary N) is 1. The molecule has 2 aromatic carbocycles. The number of hydrogen-bond acceptors (Lipinski definition) is 4. The number of amides is 1. The molecule has 0 radical (unpaired) electrons. The molecular formula is C16H15ClFN3O3. The van der Waals surface area contributed by atoms with Crippen LogP contribution in [-0.2, 0) is 9.63 Å². The van der Waals surface area contributed by atoms with Crippen LogP contribution in [0.2, 0.25) is 5.02 Å². The number of halogens is 2. The van der Waals surface area contributed by atoms with Gasteiger partial charge in [-0.1, -0.05) is 35.0 Å². The maximum absolute atomic E-state index is 13.0. The zero-order valence-corrected chi connectivity index (χ0v) is 13.3. The van der Waals surface area contributed by atoms with Gasteiger partial charge >= 0.3 is 0 Å². The lowest BCUT2D eigenvalue weighted by Crippen LogP contribution is -2.23. The van der Waals surface area contributed by atoms with Crippen LogP contribution in [0.25, 0.3) is 0 Å². The fraction of sp³-hybridized carbons (Fsp3) is 0.125. The zero-order chi connectivity index (χ0) is 17.4. The summed E-state index contributed by atoms with van der Waals surface area (Å²) in [6.07, 6.45) is 0. The molecule has 24 heavy (non-hydrogen) atoms. The van der Waals surface area contributed by atoms with Crippen molar-refractivity contribution in [1.82, 2.24) is 0 Å². The number of benzene rings is 2. The summed E-state index contributed by atoms with van der Waals surface area (Å²) in [5.74, 6) is -0.335. The molecule has 0 heterocycles. The molecule has 0 unspecified atom stereocenters. The maximum Gasteiger partial charge on any atom is 0.265 e. The molecule has 2 aromatic rings. The lowest BCUT2D eigenvalue weighted by Gasteiger charge is -2.06. The second-order valence-corrected chi connectivity index (χ2v) is 5.04. The molecule has 0 spiro atoms. The molecule has 126 valence electrons. The fourth-order valence-electron chi connectivity index (χ4n) is 1.65. The summed E-state index contributed by atoms with van der Waals surface area (Å²) >= 11 is 5.62. The molecule has 0 saturated carbocycles. The van der Waals surface area contributed by atoms with E-state index in [1.807, 2.05) is 18.2 Å². The summed E-state index contributed by atoms with van der Waals surface area (Å²) in [4.78, 5) is 16.5. The number of oxime groups is 1. The fourth-order valence-corrected chi connectivity index (χ4v) is 1.83. The Morgan fingerprint density at radius 3 is 2.67 bits per heavy atom. The molecule has 0 bridgehead atoms. The SMILES string of the molecule is N/C(COc1ccccc1)=N/OCC(=O)Nc1ccc(F)c(Cl)c1. The normalized spacial score (nSPS) is 11.0. The van der Waals surface area contributed by atoms with E-state index in [0.29, 0.717) is 11.4 Å². The van der Waals surface area contributed by atoms with Crippen molar-refractivity contribution in [3.63, 3.8) is 0 Å². The van der Waals surface area contributed by atoms with Crippen molar-refractivity contribution in [3.05, 3.63) is 59.4 Å². The van der Waals surface area contributed by atoms with E-state index in [1.54, 1.807) is 12.1 Å². The van der Waals surface area contributed by atoms with Crippen LogP contribution >= 0.6 is 11.6 Å². The number of carbonyl (C=O) groups excluding carboxylic acids is 1. The Hall–Kier alpha value is -2.80. The highest BCUT2D eigenvalue weighted by Crippen LogP contribution is 2.19. The third-order valence-electron chi connectivity index (χ3n) is 2.71. The Morgan fingerprint density at radius 1 is 1.21 bits per heavy atom. The summed E-state index contributed by atoms with van der Waals surface area (Å²) in [7, 11) is 0. The van der Waals surface area contributed by atoms with Crippen molar-refractivity contribution in [3.8, 4) is 5.75 Å². The second kappa shape index (κ2) is 8.73. The van der Waals surface area contributed by atoms with Gasteiger partial charge in [-0.15, -0.1) is 0 Å². The highest BCUT2D eigenvalue weighted by Gasteiger charge is 2.06. The maximum atomic E-state index is 13.0. The molecule has 0 aliphatic carbocycles. The Balaban J connectivity index is 1.73. The highest BCUT2D eigenvalue weighted by molar-refractivity contribution is 6.31. The van der Waals surface area contributed by atoms with Crippen LogP contribution in [-0.4, -0.2) is 25.0 Å². The molecule has 0 aliphatic heterocycles. The number of carbonyl (C=O) groups is 1. The topological polar surface area (TPSA) is 85.9 Å². The van der Waals surface area contributed by atoms with E-state index >= 15 is 0 Å². The van der Waals surface area contributed by atoms with Gasteiger partial charge in [0.2, 0.25) is 0 Å². The molecule has 3 N–H and O–H groups in total. The van der Waals surface area contributed by atoms with Gasteiger partial charge in [0.15, 0.2) is 12.4 Å². The molecule has 0 saturated heterocycles. The molecule has 2 rings (SSSR count). The number of ether oxygens (including phenoxy) is 1. The summed E-state index contributed by atoms with van der Waals surface area (Å²) in [6, 6.07) is 12.9. The van der Waals surface area contributed by atoms with E-state index in [9.17, 15) is 9.18 Å². The Morgan fingerprint density at radius 2 is 1.96 bits per heavy atom. The first-order chi connectivity index (χ1) is 11.5. The largest absolute Gasteiger partial charge is 0.486 e. The molecule has 0 atom stereocenters. The number of amidine groups is 1. The molecule has 6 nitrogen and oxygen atoms in total. The molecule has 0 aliphatic rings. The number of nitrogens with zero attached hydrogens (tertiary/aromatic N) is 1. The van der Waals surface area contributed by atoms with E-state index < -0.39 is 11.7 Å². The zero-order valence-electron chi connectivity index (χ0n) is 12.5. The summed E-state index contributed by atoms with van der Waals surface area (Å²) in [5, 5.41) is 5.97. The van der Waals surface area contributed by atoms with Crippen LogP contribution < -0.4 is 15.8 Å². The third kappa shape index (κ3) is 5.77. The number of anilines is 1. The van der Waals surface area contributed by atoms with Crippen molar-refractivity contribution in [2.24, 2.45) is 10.9 Å². The van der Waals surface area contributed by atoms with Crippen LogP contribution in [0.5, 0.6) is 5.75 Å². The van der Waals surface area contributed by atoms with E-state index in [2.05, 4.69) is 10.5 Å². The minimum absolute atomic E-state index is 0.0270. The van der Waals surface area contributed by atoms with E-state index in [-0.39, 0.29) is 24.1 Å². The first kappa shape index (κ1) is 17.6. The van der Waals surface area contributed by atoms with Gasteiger partial charge in [-0.05, 0) is 30.3 Å². The Labute approximate surface area is 143 Å². The van der Waals surface area contributed by atoms with E-state index in [0.717, 1.165) is 6.07 Å². The predicted molar refractivity (Wildman–Crippen MR) is 89.6 cm³/mol. The first-order valence-electron chi connectivity index (χ1n) is 6.91. The van der Waals surface area contributed by atoms with Crippen molar-refractivity contribution in [2.45, 2.75) is 0 Å². The summed E-state index contributed by atoms with van der Waals surface area (Å²) in [6.45, 7) is -0.333. The molecule has 1 amide bonds. The minimum atomic E-state index is -0.568. The van der Waals surface area contributed by atoms with Crippen molar-refractivity contribution in [1.29, 1.82) is 0 Å². The van der Waals surface area contributed by atoms with Gasteiger partial charge < -0.3 is 20.6 Å². The molecule has 8 heteroatoms. The van der Waals surface area contributed by atoms with Gasteiger partial charge in [0.1, 0.15) is 18.2 Å². The van der Waals surface area contributed by atoms with Gasteiger partial charge in [-0.25, -0.2) is 4.39 Å². The Bertz CT molecular complexity index is 726. The third-order valence-corrected chi connectivity index (χ3v) is 3.00. The number of nitrogens with one attached hydrogen (secondary N) is 1. The van der Waals surface area contributed by atoms with Gasteiger partial charge in [0.25, 0.3) is 5.91 Å². The van der Waals surface area contributed by atoms with Gasteiger partial charge in [-0.3, -0.25) is 4.79 Å². The first-order valence-corrected chi connectivity index (χ1v) is 7.29. The average molecular weight is 352 g/mol. The lowest BCUT2D eigenvalue weighted by molar-refractivity contribution is -0.120. The van der Waals surface area contributed by atoms with Gasteiger partial charge in [0.05, 0.1) is 5.02 Å². The summed E-state index contributed by atoms with van der Waals surface area (Å²) in [5.41, 5.74) is 5.95. The molecular weight excluding hydrogens is 337 g/mol. The van der Waals surface area contributed by atoms with Crippen molar-refractivity contribution >= 4 is 29.0 Å². The van der Waals surface area contributed by atoms with Crippen LogP contribution in [0.15, 0.2) is 53.7 Å². The quantitative estimate of drug-likeness (QED) is 0.456. The van der Waals surface area contributed by atoms with Gasteiger partial charge in [-0.2, -0.15) is 0 Å². The van der Waals surface area contributed by atoms with Crippen LogP contribution in [0.1, 0.15) is 0 Å². The number of rotatable bonds is 7. The molecule has 0 aromatic heterocycles. The second-order valence-electron chi connectivity index (χ2n) is 4.63. The lowest BCUT2D eigenvalue weighted by atomic mass is 10.3. The molecule has 0 fully saturated rings.